The van der Waals surface area contributed by atoms with Gasteiger partial charge in [-0.1, -0.05) is 11.6 Å². The van der Waals surface area contributed by atoms with Crippen LogP contribution in [0.25, 0.3) is 0 Å². The van der Waals surface area contributed by atoms with Crippen LogP contribution in [0.1, 0.15) is 37.1 Å². The molecule has 2 aliphatic rings. The fourth-order valence-electron chi connectivity index (χ4n) is 2.36. The smallest absolute Gasteiger partial charge is 0.257 e. The Labute approximate surface area is 105 Å². The van der Waals surface area contributed by atoms with E-state index in [1.165, 1.54) is 6.42 Å². The molecule has 98 valence electrons. The number of rotatable bonds is 2. The Kier molecular flexibility index (Phi) is 3.03. The molecule has 1 aliphatic carbocycles. The second-order valence-electron chi connectivity index (χ2n) is 4.95. The molecule has 6 nitrogen and oxygen atoms in total. The van der Waals surface area contributed by atoms with Crippen LogP contribution >= 0.6 is 0 Å². The summed E-state index contributed by atoms with van der Waals surface area (Å²) in [5.74, 6) is 1.55. The summed E-state index contributed by atoms with van der Waals surface area (Å²) in [5, 5.41) is 3.75. The van der Waals surface area contributed by atoms with Gasteiger partial charge in [-0.15, -0.1) is 0 Å². The minimum absolute atomic E-state index is 0.230. The summed E-state index contributed by atoms with van der Waals surface area (Å²) >= 11 is 0. The van der Waals surface area contributed by atoms with E-state index >= 15 is 0 Å². The highest BCUT2D eigenvalue weighted by Gasteiger charge is 2.34. The SMILES string of the molecule is Cc1noc([C@H]2CN(C(=O)C3CCC3)CCO2)n1. The van der Waals surface area contributed by atoms with Crippen molar-refractivity contribution in [3.63, 3.8) is 0 Å². The average Bonchev–Trinajstić information content (AvgIpc) is 2.74. The number of hydrogen-bond acceptors (Lipinski definition) is 5. The largest absolute Gasteiger partial charge is 0.365 e. The maximum atomic E-state index is 12.2. The third-order valence-electron chi connectivity index (χ3n) is 3.65. The Hall–Kier alpha value is -1.43. The molecule has 3 rings (SSSR count). The quantitative estimate of drug-likeness (QED) is 0.786. The van der Waals surface area contributed by atoms with Gasteiger partial charge in [0.05, 0.1) is 13.2 Å². The normalized spacial score (nSPS) is 24.9. The minimum Gasteiger partial charge on any atom is -0.365 e. The number of aromatic nitrogens is 2. The van der Waals surface area contributed by atoms with Gasteiger partial charge in [0.2, 0.25) is 5.91 Å². The Bertz CT molecular complexity index is 442. The summed E-state index contributed by atoms with van der Waals surface area (Å²) in [4.78, 5) is 18.2. The van der Waals surface area contributed by atoms with E-state index in [2.05, 4.69) is 10.1 Å². The molecule has 0 aromatic carbocycles. The highest BCUT2D eigenvalue weighted by atomic mass is 16.5. The Morgan fingerprint density at radius 1 is 1.44 bits per heavy atom. The first-order valence-electron chi connectivity index (χ1n) is 6.44. The number of ether oxygens (including phenoxy) is 1. The molecule has 6 heteroatoms. The van der Waals surface area contributed by atoms with Crippen molar-refractivity contribution < 1.29 is 14.1 Å². The molecule has 18 heavy (non-hydrogen) atoms. The number of morpholine rings is 1. The summed E-state index contributed by atoms with van der Waals surface area (Å²) in [6, 6.07) is 0. The van der Waals surface area contributed by atoms with Gasteiger partial charge >= 0.3 is 0 Å². The van der Waals surface area contributed by atoms with Crippen molar-refractivity contribution in [2.24, 2.45) is 5.92 Å². The first kappa shape index (κ1) is 11.6. The molecule has 0 radical (unpaired) electrons. The summed E-state index contributed by atoms with van der Waals surface area (Å²) in [7, 11) is 0. The van der Waals surface area contributed by atoms with E-state index in [1.807, 2.05) is 4.90 Å². The fraction of sp³-hybridized carbons (Fsp3) is 0.750. The predicted octanol–water partition coefficient (Wildman–Crippen LogP) is 1.08. The Morgan fingerprint density at radius 3 is 2.89 bits per heavy atom. The highest BCUT2D eigenvalue weighted by Crippen LogP contribution is 2.30. The molecule has 0 N–H and O–H groups in total. The first-order chi connectivity index (χ1) is 8.74. The van der Waals surface area contributed by atoms with Crippen molar-refractivity contribution in [3.8, 4) is 0 Å². The van der Waals surface area contributed by atoms with E-state index in [0.29, 0.717) is 31.4 Å². The Morgan fingerprint density at radius 2 is 2.28 bits per heavy atom. The molecule has 1 amide bonds. The molecular formula is C12H17N3O3. The average molecular weight is 251 g/mol. The Balaban J connectivity index is 1.66. The van der Waals surface area contributed by atoms with Gasteiger partial charge in [0, 0.05) is 12.5 Å². The van der Waals surface area contributed by atoms with Crippen molar-refractivity contribution in [1.82, 2.24) is 15.0 Å². The second-order valence-corrected chi connectivity index (χ2v) is 4.95. The van der Waals surface area contributed by atoms with Gasteiger partial charge < -0.3 is 14.2 Å². The molecule has 1 saturated carbocycles. The lowest BCUT2D eigenvalue weighted by Gasteiger charge is -2.36. The van der Waals surface area contributed by atoms with E-state index in [4.69, 9.17) is 9.26 Å². The number of carbonyl (C=O) groups excluding carboxylic acids is 1. The van der Waals surface area contributed by atoms with Gasteiger partial charge in [-0.2, -0.15) is 4.98 Å². The molecule has 1 aliphatic heterocycles. The molecule has 2 heterocycles. The van der Waals surface area contributed by atoms with Crippen molar-refractivity contribution in [2.75, 3.05) is 19.7 Å². The predicted molar refractivity (Wildman–Crippen MR) is 61.6 cm³/mol. The monoisotopic (exact) mass is 251 g/mol. The summed E-state index contributed by atoms with van der Waals surface area (Å²) in [5.41, 5.74) is 0. The standard InChI is InChI=1S/C12H17N3O3/c1-8-13-11(18-14-8)10-7-15(5-6-17-10)12(16)9-3-2-4-9/h9-10H,2-7H2,1H3/t10-/m1/s1. The molecular weight excluding hydrogens is 234 g/mol. The van der Waals surface area contributed by atoms with Crippen LogP contribution in [-0.2, 0) is 9.53 Å². The zero-order valence-electron chi connectivity index (χ0n) is 10.5. The fourth-order valence-corrected chi connectivity index (χ4v) is 2.36. The van der Waals surface area contributed by atoms with Crippen LogP contribution in [0.3, 0.4) is 0 Å². The minimum atomic E-state index is -0.274. The van der Waals surface area contributed by atoms with Gasteiger partial charge in [-0.05, 0) is 19.8 Å². The lowest BCUT2D eigenvalue weighted by Crippen LogP contribution is -2.46. The molecule has 0 unspecified atom stereocenters. The van der Waals surface area contributed by atoms with Crippen LogP contribution in [0.5, 0.6) is 0 Å². The van der Waals surface area contributed by atoms with Gasteiger partial charge in [-0.25, -0.2) is 0 Å². The second kappa shape index (κ2) is 4.68. The maximum absolute atomic E-state index is 12.2. The number of nitrogens with zero attached hydrogens (tertiary/aromatic N) is 3. The third-order valence-corrected chi connectivity index (χ3v) is 3.65. The van der Waals surface area contributed by atoms with Crippen molar-refractivity contribution in [2.45, 2.75) is 32.3 Å². The van der Waals surface area contributed by atoms with Gasteiger partial charge in [0.1, 0.15) is 0 Å². The number of hydrogen-bond donors (Lipinski definition) is 0. The van der Waals surface area contributed by atoms with Gasteiger partial charge in [0.15, 0.2) is 11.9 Å². The molecule has 1 atom stereocenters. The van der Waals surface area contributed by atoms with E-state index < -0.39 is 0 Å². The van der Waals surface area contributed by atoms with E-state index in [-0.39, 0.29) is 17.9 Å². The van der Waals surface area contributed by atoms with Crippen LogP contribution in [0.4, 0.5) is 0 Å². The van der Waals surface area contributed by atoms with Gasteiger partial charge in [0.25, 0.3) is 5.89 Å². The van der Waals surface area contributed by atoms with Crippen molar-refractivity contribution >= 4 is 5.91 Å². The van der Waals surface area contributed by atoms with E-state index in [0.717, 1.165) is 12.8 Å². The molecule has 0 spiro atoms. The summed E-state index contributed by atoms with van der Waals surface area (Å²) in [6.45, 7) is 3.49. The maximum Gasteiger partial charge on any atom is 0.257 e. The van der Waals surface area contributed by atoms with Crippen molar-refractivity contribution in [3.05, 3.63) is 11.7 Å². The molecule has 1 aromatic heterocycles. The molecule has 2 fully saturated rings. The molecule has 1 aromatic rings. The molecule has 0 bridgehead atoms. The zero-order valence-corrected chi connectivity index (χ0v) is 10.5. The summed E-state index contributed by atoms with van der Waals surface area (Å²) in [6.07, 6.45) is 2.96. The van der Waals surface area contributed by atoms with Gasteiger partial charge in [-0.3, -0.25) is 4.79 Å². The highest BCUT2D eigenvalue weighted by molar-refractivity contribution is 5.79. The lowest BCUT2D eigenvalue weighted by atomic mass is 9.84. The summed E-state index contributed by atoms with van der Waals surface area (Å²) < 4.78 is 10.7. The first-order valence-corrected chi connectivity index (χ1v) is 6.44. The van der Waals surface area contributed by atoms with E-state index in [9.17, 15) is 4.79 Å². The number of carbonyl (C=O) groups is 1. The number of amides is 1. The van der Waals surface area contributed by atoms with Crippen LogP contribution < -0.4 is 0 Å². The lowest BCUT2D eigenvalue weighted by molar-refractivity contribution is -0.146. The molecule has 1 saturated heterocycles. The topological polar surface area (TPSA) is 68.5 Å². The van der Waals surface area contributed by atoms with Crippen LogP contribution in [0, 0.1) is 12.8 Å². The van der Waals surface area contributed by atoms with Crippen LogP contribution in [-0.4, -0.2) is 40.6 Å². The van der Waals surface area contributed by atoms with Crippen LogP contribution in [0.2, 0.25) is 0 Å². The number of aryl methyl sites for hydroxylation is 1. The third kappa shape index (κ3) is 2.12. The van der Waals surface area contributed by atoms with Crippen molar-refractivity contribution in [1.29, 1.82) is 0 Å². The zero-order chi connectivity index (χ0) is 12.5. The van der Waals surface area contributed by atoms with Crippen LogP contribution in [0.15, 0.2) is 4.52 Å². The van der Waals surface area contributed by atoms with E-state index in [1.54, 1.807) is 6.92 Å².